The summed E-state index contributed by atoms with van der Waals surface area (Å²) in [5.74, 6) is 1.88. The van der Waals surface area contributed by atoms with Gasteiger partial charge in [0, 0.05) is 18.7 Å². The number of piperidine rings is 1. The van der Waals surface area contributed by atoms with Crippen molar-refractivity contribution in [3.63, 3.8) is 0 Å². The van der Waals surface area contributed by atoms with Crippen molar-refractivity contribution in [2.45, 2.75) is 45.2 Å². The second-order valence-corrected chi connectivity index (χ2v) is 5.79. The van der Waals surface area contributed by atoms with Gasteiger partial charge in [0.2, 0.25) is 0 Å². The molecule has 0 unspecified atom stereocenters. The van der Waals surface area contributed by atoms with Gasteiger partial charge in [-0.25, -0.2) is 0 Å². The summed E-state index contributed by atoms with van der Waals surface area (Å²) in [5, 5.41) is 7.42. The molecule has 1 aliphatic carbocycles. The van der Waals surface area contributed by atoms with Gasteiger partial charge in [-0.15, -0.1) is 0 Å². The van der Waals surface area contributed by atoms with Gasteiger partial charge in [0.05, 0.1) is 12.2 Å². The molecule has 18 heavy (non-hydrogen) atoms. The van der Waals surface area contributed by atoms with Crippen LogP contribution in [0.25, 0.3) is 0 Å². The molecular weight excluding hydrogens is 226 g/mol. The average Bonchev–Trinajstić information content (AvgIpc) is 3.15. The Hall–Kier alpha value is -0.870. The monoisotopic (exact) mass is 249 g/mol. The SMILES string of the molecule is Cc1cc(CN(CC2CCNCC2)C2CC2)on1. The van der Waals surface area contributed by atoms with E-state index in [9.17, 15) is 0 Å². The normalized spacial score (nSPS) is 21.7. The Morgan fingerprint density at radius 1 is 1.33 bits per heavy atom. The van der Waals surface area contributed by atoms with Gasteiger partial charge in [-0.3, -0.25) is 4.90 Å². The van der Waals surface area contributed by atoms with Crippen molar-refractivity contribution in [3.05, 3.63) is 17.5 Å². The van der Waals surface area contributed by atoms with Crippen molar-refractivity contribution in [1.29, 1.82) is 0 Å². The topological polar surface area (TPSA) is 41.3 Å². The zero-order valence-corrected chi connectivity index (χ0v) is 11.2. The first-order valence-electron chi connectivity index (χ1n) is 7.18. The molecule has 0 amide bonds. The van der Waals surface area contributed by atoms with E-state index >= 15 is 0 Å². The van der Waals surface area contributed by atoms with Crippen molar-refractivity contribution in [1.82, 2.24) is 15.4 Å². The van der Waals surface area contributed by atoms with Crippen LogP contribution < -0.4 is 5.32 Å². The second-order valence-electron chi connectivity index (χ2n) is 5.79. The Morgan fingerprint density at radius 3 is 2.72 bits per heavy atom. The largest absolute Gasteiger partial charge is 0.360 e. The van der Waals surface area contributed by atoms with Gasteiger partial charge in [0.15, 0.2) is 5.76 Å². The quantitative estimate of drug-likeness (QED) is 0.866. The van der Waals surface area contributed by atoms with Gasteiger partial charge in [0.25, 0.3) is 0 Å². The van der Waals surface area contributed by atoms with Gasteiger partial charge in [-0.1, -0.05) is 5.16 Å². The van der Waals surface area contributed by atoms with Gasteiger partial charge < -0.3 is 9.84 Å². The molecule has 1 aromatic rings. The molecule has 0 aromatic carbocycles. The molecule has 100 valence electrons. The van der Waals surface area contributed by atoms with E-state index in [1.807, 2.05) is 6.92 Å². The standard InChI is InChI=1S/C14H23N3O/c1-11-8-14(18-16-11)10-17(13-2-3-13)9-12-4-6-15-7-5-12/h8,12-13,15H,2-7,9-10H2,1H3. The van der Waals surface area contributed by atoms with E-state index in [2.05, 4.69) is 21.4 Å². The predicted molar refractivity (Wildman–Crippen MR) is 70.3 cm³/mol. The molecule has 1 saturated heterocycles. The molecule has 2 aliphatic rings. The molecule has 4 nitrogen and oxygen atoms in total. The van der Waals surface area contributed by atoms with Crippen LogP contribution in [-0.4, -0.2) is 35.7 Å². The van der Waals surface area contributed by atoms with E-state index in [1.54, 1.807) is 0 Å². The average molecular weight is 249 g/mol. The number of nitrogens with zero attached hydrogens (tertiary/aromatic N) is 2. The molecule has 2 heterocycles. The maximum absolute atomic E-state index is 5.36. The summed E-state index contributed by atoms with van der Waals surface area (Å²) in [6.07, 6.45) is 5.35. The molecule has 1 saturated carbocycles. The van der Waals surface area contributed by atoms with Crippen LogP contribution in [0, 0.1) is 12.8 Å². The summed E-state index contributed by atoms with van der Waals surface area (Å²) in [7, 11) is 0. The molecule has 3 rings (SSSR count). The summed E-state index contributed by atoms with van der Waals surface area (Å²) in [5.41, 5.74) is 0.989. The van der Waals surface area contributed by atoms with Gasteiger partial charge in [-0.2, -0.15) is 0 Å². The molecule has 1 aromatic heterocycles. The molecule has 0 spiro atoms. The maximum Gasteiger partial charge on any atom is 0.150 e. The number of hydrogen-bond donors (Lipinski definition) is 1. The Kier molecular flexibility index (Phi) is 3.66. The first-order valence-corrected chi connectivity index (χ1v) is 7.18. The van der Waals surface area contributed by atoms with E-state index in [1.165, 1.54) is 45.3 Å². The van der Waals surface area contributed by atoms with Crippen LogP contribution in [0.2, 0.25) is 0 Å². The fourth-order valence-corrected chi connectivity index (χ4v) is 2.87. The van der Waals surface area contributed by atoms with E-state index in [0.717, 1.165) is 30.0 Å². The van der Waals surface area contributed by atoms with Crippen LogP contribution in [0.15, 0.2) is 10.6 Å². The lowest BCUT2D eigenvalue weighted by Gasteiger charge is -2.29. The van der Waals surface area contributed by atoms with E-state index in [4.69, 9.17) is 4.52 Å². The second kappa shape index (κ2) is 5.41. The Bertz CT molecular complexity index is 380. The first kappa shape index (κ1) is 12.2. The fraction of sp³-hybridized carbons (Fsp3) is 0.786. The summed E-state index contributed by atoms with van der Waals surface area (Å²) in [6.45, 7) is 6.53. The van der Waals surface area contributed by atoms with Gasteiger partial charge in [-0.05, 0) is 51.6 Å². The highest BCUT2D eigenvalue weighted by Crippen LogP contribution is 2.30. The van der Waals surface area contributed by atoms with Gasteiger partial charge >= 0.3 is 0 Å². The lowest BCUT2D eigenvalue weighted by atomic mass is 9.97. The van der Waals surface area contributed by atoms with Crippen molar-refractivity contribution < 1.29 is 4.52 Å². The fourth-order valence-electron chi connectivity index (χ4n) is 2.87. The summed E-state index contributed by atoms with van der Waals surface area (Å²) in [6, 6.07) is 2.86. The molecule has 2 fully saturated rings. The lowest BCUT2D eigenvalue weighted by molar-refractivity contribution is 0.173. The van der Waals surface area contributed by atoms with Crippen LogP contribution >= 0.6 is 0 Å². The number of aromatic nitrogens is 1. The summed E-state index contributed by atoms with van der Waals surface area (Å²) < 4.78 is 5.36. The lowest BCUT2D eigenvalue weighted by Crippen LogP contribution is -2.36. The van der Waals surface area contributed by atoms with Crippen LogP contribution in [-0.2, 0) is 6.54 Å². The molecule has 1 N–H and O–H groups in total. The zero-order chi connectivity index (χ0) is 12.4. The Balaban J connectivity index is 1.57. The summed E-state index contributed by atoms with van der Waals surface area (Å²) in [4.78, 5) is 2.61. The van der Waals surface area contributed by atoms with Crippen LogP contribution in [0.5, 0.6) is 0 Å². The van der Waals surface area contributed by atoms with E-state index in [-0.39, 0.29) is 0 Å². The van der Waals surface area contributed by atoms with Crippen molar-refractivity contribution in [2.24, 2.45) is 5.92 Å². The third-order valence-corrected chi connectivity index (χ3v) is 4.05. The smallest absolute Gasteiger partial charge is 0.150 e. The molecule has 0 radical (unpaired) electrons. The van der Waals surface area contributed by atoms with Crippen molar-refractivity contribution in [2.75, 3.05) is 19.6 Å². The molecule has 1 aliphatic heterocycles. The molecular formula is C14H23N3O. The Labute approximate surface area is 109 Å². The maximum atomic E-state index is 5.36. The third kappa shape index (κ3) is 3.12. The van der Waals surface area contributed by atoms with Crippen LogP contribution in [0.4, 0.5) is 0 Å². The van der Waals surface area contributed by atoms with E-state index in [0.29, 0.717) is 0 Å². The van der Waals surface area contributed by atoms with Crippen LogP contribution in [0.1, 0.15) is 37.1 Å². The van der Waals surface area contributed by atoms with Crippen molar-refractivity contribution >= 4 is 0 Å². The minimum atomic E-state index is 0.797. The first-order chi connectivity index (χ1) is 8.81. The van der Waals surface area contributed by atoms with Crippen molar-refractivity contribution in [3.8, 4) is 0 Å². The predicted octanol–water partition coefficient (Wildman–Crippen LogP) is 1.95. The minimum Gasteiger partial charge on any atom is -0.360 e. The zero-order valence-electron chi connectivity index (χ0n) is 11.2. The number of aryl methyl sites for hydroxylation is 1. The van der Waals surface area contributed by atoms with Crippen LogP contribution in [0.3, 0.4) is 0 Å². The highest BCUT2D eigenvalue weighted by atomic mass is 16.5. The molecule has 4 heteroatoms. The highest BCUT2D eigenvalue weighted by Gasteiger charge is 2.31. The highest BCUT2D eigenvalue weighted by molar-refractivity contribution is 5.04. The number of rotatable bonds is 5. The Morgan fingerprint density at radius 2 is 2.11 bits per heavy atom. The third-order valence-electron chi connectivity index (χ3n) is 4.05. The van der Waals surface area contributed by atoms with E-state index < -0.39 is 0 Å². The summed E-state index contributed by atoms with van der Waals surface area (Å²) >= 11 is 0. The van der Waals surface area contributed by atoms with Gasteiger partial charge in [0.1, 0.15) is 0 Å². The number of hydrogen-bond acceptors (Lipinski definition) is 4. The number of nitrogens with one attached hydrogen (secondary N) is 1. The molecule has 0 bridgehead atoms. The molecule has 0 atom stereocenters. The minimum absolute atomic E-state index is 0.797.